The highest BCUT2D eigenvalue weighted by atomic mass is 16.5. The molecule has 0 saturated carbocycles. The molecule has 0 aromatic rings. The molecule has 0 aromatic carbocycles. The summed E-state index contributed by atoms with van der Waals surface area (Å²) in [5, 5.41) is 0. The molecule has 0 aliphatic carbocycles. The van der Waals surface area contributed by atoms with E-state index < -0.39 is 0 Å². The molecule has 0 spiro atoms. The maximum absolute atomic E-state index is 11.6. The van der Waals surface area contributed by atoms with Crippen LogP contribution >= 0.6 is 0 Å². The summed E-state index contributed by atoms with van der Waals surface area (Å²) in [5.74, 6) is -0.0450. The molecule has 0 aromatic heterocycles. The number of hydrogen-bond donors (Lipinski definition) is 0. The molecule has 0 atom stereocenters. The summed E-state index contributed by atoms with van der Waals surface area (Å²) in [6.07, 6.45) is 19.7. The van der Waals surface area contributed by atoms with Crippen LogP contribution in [-0.2, 0) is 19.1 Å². The average Bonchev–Trinajstić information content (AvgIpc) is 2.62. The highest BCUT2D eigenvalue weighted by molar-refractivity contribution is 5.70. The van der Waals surface area contributed by atoms with Gasteiger partial charge in [-0.25, -0.2) is 0 Å². The van der Waals surface area contributed by atoms with Gasteiger partial charge in [0.25, 0.3) is 0 Å². The van der Waals surface area contributed by atoms with E-state index in [1.165, 1.54) is 83.5 Å². The van der Waals surface area contributed by atoms with E-state index in [1.54, 1.807) is 0 Å². The van der Waals surface area contributed by atoms with Crippen molar-refractivity contribution >= 4 is 12.1 Å². The summed E-state index contributed by atoms with van der Waals surface area (Å²) in [4.78, 5) is 27.9. The highest BCUT2D eigenvalue weighted by Crippen LogP contribution is 2.30. The van der Waals surface area contributed by atoms with E-state index in [9.17, 15) is 4.79 Å². The molecular formula is C26H50O4. The molecule has 0 N–H and O–H groups in total. The van der Waals surface area contributed by atoms with Crippen LogP contribution < -0.4 is 0 Å². The molecule has 4 heteroatoms. The van der Waals surface area contributed by atoms with Crippen molar-refractivity contribution in [2.24, 2.45) is 10.8 Å². The van der Waals surface area contributed by atoms with Gasteiger partial charge in [-0.2, -0.15) is 9.59 Å². The van der Waals surface area contributed by atoms with Crippen molar-refractivity contribution in [3.63, 3.8) is 0 Å². The third kappa shape index (κ3) is 23.1. The molecule has 0 heterocycles. The van der Waals surface area contributed by atoms with Crippen LogP contribution in [0.1, 0.15) is 138 Å². The van der Waals surface area contributed by atoms with Gasteiger partial charge in [0, 0.05) is 0 Å². The van der Waals surface area contributed by atoms with E-state index >= 15 is 0 Å². The number of carbonyl (C=O) groups is 1. The monoisotopic (exact) mass is 426 g/mol. The first-order valence-electron chi connectivity index (χ1n) is 12.3. The van der Waals surface area contributed by atoms with Crippen LogP contribution in [0.4, 0.5) is 0 Å². The van der Waals surface area contributed by atoms with Gasteiger partial charge in [-0.3, -0.25) is 4.79 Å². The summed E-state index contributed by atoms with van der Waals surface area (Å²) in [7, 11) is 0. The summed E-state index contributed by atoms with van der Waals surface area (Å²) in [6.45, 7) is 13.9. The minimum absolute atomic E-state index is 0.0450. The SMILES string of the molecule is CCCC(C)(C)CCCCCCCCCCCCC(C)(C)CC(=O)OCC.O=C=O. The fraction of sp³-hybridized carbons (Fsp3) is 0.923. The second kappa shape index (κ2) is 19.8. The van der Waals surface area contributed by atoms with Gasteiger partial charge in [-0.05, 0) is 37.0 Å². The molecule has 30 heavy (non-hydrogen) atoms. The average molecular weight is 427 g/mol. The van der Waals surface area contributed by atoms with Crippen LogP contribution in [0.5, 0.6) is 0 Å². The lowest BCUT2D eigenvalue weighted by Crippen LogP contribution is -2.18. The van der Waals surface area contributed by atoms with Crippen LogP contribution in [0.15, 0.2) is 0 Å². The lowest BCUT2D eigenvalue weighted by molar-refractivity contribution is -0.191. The summed E-state index contributed by atoms with van der Waals surface area (Å²) in [6, 6.07) is 0. The Bertz CT molecular complexity index is 434. The molecular weight excluding hydrogens is 376 g/mol. The van der Waals surface area contributed by atoms with Gasteiger partial charge in [0.15, 0.2) is 0 Å². The van der Waals surface area contributed by atoms with E-state index in [2.05, 4.69) is 34.6 Å². The van der Waals surface area contributed by atoms with Gasteiger partial charge in [0.1, 0.15) is 0 Å². The van der Waals surface area contributed by atoms with Crippen LogP contribution in [0, 0.1) is 10.8 Å². The number of rotatable bonds is 18. The lowest BCUT2D eigenvalue weighted by atomic mass is 9.83. The second-order valence-electron chi connectivity index (χ2n) is 10.2. The molecule has 0 aliphatic rings. The minimum Gasteiger partial charge on any atom is -0.466 e. The minimum atomic E-state index is -0.0450. The second-order valence-corrected chi connectivity index (χ2v) is 10.2. The van der Waals surface area contributed by atoms with E-state index in [0.717, 1.165) is 6.42 Å². The Hall–Kier alpha value is -1.15. The predicted molar refractivity (Wildman–Crippen MR) is 124 cm³/mol. The van der Waals surface area contributed by atoms with Gasteiger partial charge in [0.05, 0.1) is 13.0 Å². The number of ether oxygens (including phenoxy) is 1. The Morgan fingerprint density at radius 3 is 1.40 bits per heavy atom. The Labute approximate surface area is 186 Å². The van der Waals surface area contributed by atoms with Gasteiger partial charge in [-0.15, -0.1) is 0 Å². The molecule has 0 saturated heterocycles. The summed E-state index contributed by atoms with van der Waals surface area (Å²) >= 11 is 0. The molecule has 0 amide bonds. The first kappa shape index (κ1) is 31.0. The van der Waals surface area contributed by atoms with Crippen LogP contribution in [0.25, 0.3) is 0 Å². The van der Waals surface area contributed by atoms with Gasteiger partial charge < -0.3 is 4.74 Å². The molecule has 0 unspecified atom stereocenters. The maximum atomic E-state index is 11.6. The molecule has 0 radical (unpaired) electrons. The smallest absolute Gasteiger partial charge is 0.373 e. The van der Waals surface area contributed by atoms with E-state index in [1.807, 2.05) is 6.92 Å². The van der Waals surface area contributed by atoms with E-state index in [0.29, 0.717) is 18.4 Å². The van der Waals surface area contributed by atoms with Gasteiger partial charge >= 0.3 is 12.1 Å². The van der Waals surface area contributed by atoms with Crippen molar-refractivity contribution in [3.8, 4) is 0 Å². The van der Waals surface area contributed by atoms with Crippen molar-refractivity contribution < 1.29 is 19.1 Å². The van der Waals surface area contributed by atoms with E-state index in [-0.39, 0.29) is 17.5 Å². The van der Waals surface area contributed by atoms with Crippen molar-refractivity contribution in [2.75, 3.05) is 6.61 Å². The maximum Gasteiger partial charge on any atom is 0.373 e. The standard InChI is InChI=1S/C25H50O2.CO2/c1-7-19-24(3,4)20-17-15-13-11-9-10-12-14-16-18-21-25(5,6)22-23(26)27-8-2;2-1-3/h7-22H2,1-6H3;. The van der Waals surface area contributed by atoms with Gasteiger partial charge in [-0.1, -0.05) is 105 Å². The molecule has 4 nitrogen and oxygen atoms in total. The number of hydrogen-bond acceptors (Lipinski definition) is 4. The number of carbonyl (C=O) groups excluding carboxylic acids is 3. The van der Waals surface area contributed by atoms with Crippen molar-refractivity contribution in [1.29, 1.82) is 0 Å². The predicted octanol–water partition coefficient (Wildman–Crippen LogP) is 7.89. The third-order valence-electron chi connectivity index (χ3n) is 5.81. The topological polar surface area (TPSA) is 60.4 Å². The normalized spacial score (nSPS) is 11.4. The van der Waals surface area contributed by atoms with Crippen molar-refractivity contribution in [3.05, 3.63) is 0 Å². The van der Waals surface area contributed by atoms with Crippen molar-refractivity contribution in [2.45, 2.75) is 138 Å². The number of esters is 1. The first-order valence-corrected chi connectivity index (χ1v) is 12.3. The third-order valence-corrected chi connectivity index (χ3v) is 5.81. The summed E-state index contributed by atoms with van der Waals surface area (Å²) < 4.78 is 5.07. The Kier molecular flexibility index (Phi) is 20.5. The van der Waals surface area contributed by atoms with Crippen LogP contribution in [0.3, 0.4) is 0 Å². The Balaban J connectivity index is 0. The Morgan fingerprint density at radius 2 is 1.03 bits per heavy atom. The lowest BCUT2D eigenvalue weighted by Gasteiger charge is -2.23. The first-order chi connectivity index (χ1) is 14.1. The zero-order valence-corrected chi connectivity index (χ0v) is 20.9. The molecule has 0 rings (SSSR count). The molecule has 0 aliphatic heterocycles. The zero-order chi connectivity index (χ0) is 23.3. The zero-order valence-electron chi connectivity index (χ0n) is 20.9. The fourth-order valence-electron chi connectivity index (χ4n) is 4.11. The van der Waals surface area contributed by atoms with E-state index in [4.69, 9.17) is 14.3 Å². The highest BCUT2D eigenvalue weighted by Gasteiger charge is 2.22. The van der Waals surface area contributed by atoms with Crippen LogP contribution in [-0.4, -0.2) is 18.7 Å². The molecule has 178 valence electrons. The Morgan fingerprint density at radius 1 is 0.667 bits per heavy atom. The number of unbranched alkanes of at least 4 members (excludes halogenated alkanes) is 9. The largest absolute Gasteiger partial charge is 0.466 e. The quantitative estimate of drug-likeness (QED) is 0.165. The molecule has 0 bridgehead atoms. The molecule has 0 fully saturated rings. The van der Waals surface area contributed by atoms with Gasteiger partial charge in [0.2, 0.25) is 0 Å². The summed E-state index contributed by atoms with van der Waals surface area (Å²) in [5.41, 5.74) is 0.636. The fourth-order valence-corrected chi connectivity index (χ4v) is 4.11. The van der Waals surface area contributed by atoms with Crippen molar-refractivity contribution in [1.82, 2.24) is 0 Å². The van der Waals surface area contributed by atoms with Crippen LogP contribution in [0.2, 0.25) is 0 Å².